The Morgan fingerprint density at radius 3 is 2.65 bits per heavy atom. The van der Waals surface area contributed by atoms with E-state index in [4.69, 9.17) is 9.57 Å². The number of rotatable bonds is 8. The number of esters is 1. The van der Waals surface area contributed by atoms with Gasteiger partial charge in [-0.15, -0.1) is 5.06 Å². The van der Waals surface area contributed by atoms with Crippen LogP contribution in [0.25, 0.3) is 0 Å². The maximum atomic E-state index is 13.8. The average molecular weight is 510 g/mol. The summed E-state index contributed by atoms with van der Waals surface area (Å²) < 4.78 is 5.45. The molecular formula is C27H31N3O7. The zero-order valence-corrected chi connectivity index (χ0v) is 20.9. The Morgan fingerprint density at radius 1 is 1.14 bits per heavy atom. The standard InChI is InChI=1S/C27H31N3O7/c1-2-36-26(35)27-13-6-5-9-21(27)29(14-12-17-16-28-20-8-4-3-7-18(17)20)25(34)19(27)15-24(33)37-30-22(31)10-11-23(30)32/h3-4,7-9,17,19,28H,2,5-6,10-16H2,1H3/t17?,19-,27-/m1/s1. The van der Waals surface area contributed by atoms with Crippen molar-refractivity contribution in [1.82, 2.24) is 9.96 Å². The molecule has 0 aromatic heterocycles. The van der Waals surface area contributed by atoms with Gasteiger partial charge in [-0.3, -0.25) is 19.2 Å². The minimum Gasteiger partial charge on any atom is -0.465 e. The minimum absolute atomic E-state index is 0.0267. The van der Waals surface area contributed by atoms with Crippen molar-refractivity contribution in [3.63, 3.8) is 0 Å². The number of nitrogens with zero attached hydrogens (tertiary/aromatic N) is 2. The first-order chi connectivity index (χ1) is 17.9. The van der Waals surface area contributed by atoms with Gasteiger partial charge in [0.2, 0.25) is 5.91 Å². The molecule has 3 aliphatic heterocycles. The molecule has 1 aliphatic carbocycles. The van der Waals surface area contributed by atoms with E-state index < -0.39 is 41.5 Å². The lowest BCUT2D eigenvalue weighted by Gasteiger charge is -2.35. The molecule has 10 nitrogen and oxygen atoms in total. The van der Waals surface area contributed by atoms with Crippen LogP contribution in [0.5, 0.6) is 0 Å². The minimum atomic E-state index is -1.30. The number of likely N-dealkylation sites (tertiary alicyclic amines) is 1. The van der Waals surface area contributed by atoms with Crippen LogP contribution in [0.3, 0.4) is 0 Å². The van der Waals surface area contributed by atoms with Crippen LogP contribution in [0.2, 0.25) is 0 Å². The Kier molecular flexibility index (Phi) is 6.74. The van der Waals surface area contributed by atoms with Gasteiger partial charge in [-0.1, -0.05) is 24.3 Å². The molecule has 4 aliphatic rings. The molecule has 0 radical (unpaired) electrons. The van der Waals surface area contributed by atoms with E-state index in [1.54, 1.807) is 11.8 Å². The molecule has 1 N–H and O–H groups in total. The fourth-order valence-electron chi connectivity index (χ4n) is 6.12. The van der Waals surface area contributed by atoms with E-state index in [0.717, 1.165) is 12.2 Å². The number of anilines is 1. The zero-order chi connectivity index (χ0) is 26.2. The molecule has 1 aromatic carbocycles. The topological polar surface area (TPSA) is 122 Å². The number of carbonyl (C=O) groups is 5. The number of benzene rings is 1. The van der Waals surface area contributed by atoms with Crippen LogP contribution in [-0.4, -0.2) is 59.3 Å². The molecule has 37 heavy (non-hydrogen) atoms. The third-order valence-corrected chi connectivity index (χ3v) is 7.87. The maximum Gasteiger partial charge on any atom is 0.334 e. The Morgan fingerprint density at radius 2 is 1.89 bits per heavy atom. The average Bonchev–Trinajstić information content (AvgIpc) is 3.52. The van der Waals surface area contributed by atoms with E-state index >= 15 is 0 Å². The van der Waals surface area contributed by atoms with Crippen LogP contribution in [0, 0.1) is 11.3 Å². The Bertz CT molecular complexity index is 1160. The Balaban J connectivity index is 1.40. The van der Waals surface area contributed by atoms with Gasteiger partial charge in [0.15, 0.2) is 0 Å². The van der Waals surface area contributed by atoms with E-state index in [1.807, 2.05) is 24.3 Å². The summed E-state index contributed by atoms with van der Waals surface area (Å²) in [7, 11) is 0. The SMILES string of the molecule is CCOC(=O)[C@@]12CCCC=C1N(CCC1CNc3ccccc31)C(=O)[C@H]2CC(=O)ON1C(=O)CCC1=O. The number of hydroxylamine groups is 2. The second-order valence-electron chi connectivity index (χ2n) is 9.92. The number of allylic oxidation sites excluding steroid dienone is 1. The number of para-hydroxylation sites is 1. The number of hydrogen-bond acceptors (Lipinski definition) is 8. The molecular weight excluding hydrogens is 478 g/mol. The molecule has 196 valence electrons. The predicted octanol–water partition coefficient (Wildman–Crippen LogP) is 2.66. The molecule has 5 rings (SSSR count). The molecule has 1 aromatic rings. The summed E-state index contributed by atoms with van der Waals surface area (Å²) in [6, 6.07) is 8.08. The molecule has 10 heteroatoms. The molecule has 3 heterocycles. The van der Waals surface area contributed by atoms with E-state index in [1.165, 1.54) is 5.56 Å². The summed E-state index contributed by atoms with van der Waals surface area (Å²) in [5, 5.41) is 3.87. The number of imide groups is 1. The first-order valence-corrected chi connectivity index (χ1v) is 13.0. The summed E-state index contributed by atoms with van der Waals surface area (Å²) in [4.78, 5) is 70.7. The summed E-state index contributed by atoms with van der Waals surface area (Å²) in [6.45, 7) is 2.99. The van der Waals surface area contributed by atoms with Gasteiger partial charge in [-0.2, -0.15) is 0 Å². The van der Waals surface area contributed by atoms with E-state index in [9.17, 15) is 24.0 Å². The van der Waals surface area contributed by atoms with Crippen molar-refractivity contribution in [2.45, 2.75) is 57.8 Å². The highest BCUT2D eigenvalue weighted by molar-refractivity contribution is 6.02. The van der Waals surface area contributed by atoms with Crippen molar-refractivity contribution in [2.75, 3.05) is 25.0 Å². The maximum absolute atomic E-state index is 13.8. The second-order valence-corrected chi connectivity index (χ2v) is 9.92. The van der Waals surface area contributed by atoms with Crippen molar-refractivity contribution in [3.8, 4) is 0 Å². The van der Waals surface area contributed by atoms with Gasteiger partial charge >= 0.3 is 11.9 Å². The van der Waals surface area contributed by atoms with Crippen molar-refractivity contribution in [1.29, 1.82) is 0 Å². The molecule has 1 unspecified atom stereocenters. The quantitative estimate of drug-likeness (QED) is 0.419. The summed E-state index contributed by atoms with van der Waals surface area (Å²) in [5.74, 6) is -3.78. The lowest BCUT2D eigenvalue weighted by Crippen LogP contribution is -2.42. The first-order valence-electron chi connectivity index (χ1n) is 13.0. The molecule has 2 saturated heterocycles. The lowest BCUT2D eigenvalue weighted by molar-refractivity contribution is -0.199. The van der Waals surface area contributed by atoms with Crippen molar-refractivity contribution in [3.05, 3.63) is 41.6 Å². The molecule has 2 fully saturated rings. The van der Waals surface area contributed by atoms with E-state index in [0.29, 0.717) is 43.0 Å². The van der Waals surface area contributed by atoms with Crippen molar-refractivity contribution >= 4 is 35.3 Å². The van der Waals surface area contributed by atoms with Gasteiger partial charge in [0.05, 0.1) is 18.9 Å². The molecule has 3 atom stereocenters. The van der Waals surface area contributed by atoms with Crippen LogP contribution < -0.4 is 5.32 Å². The number of ether oxygens (including phenoxy) is 1. The van der Waals surface area contributed by atoms with Crippen molar-refractivity contribution < 1.29 is 33.5 Å². The zero-order valence-electron chi connectivity index (χ0n) is 20.9. The number of hydrogen-bond donors (Lipinski definition) is 1. The molecule has 3 amide bonds. The summed E-state index contributed by atoms with van der Waals surface area (Å²) in [6.07, 6.45) is 3.85. The van der Waals surface area contributed by atoms with Crippen LogP contribution in [-0.2, 0) is 33.5 Å². The highest BCUT2D eigenvalue weighted by atomic mass is 16.7. The van der Waals surface area contributed by atoms with Crippen LogP contribution in [0.4, 0.5) is 5.69 Å². The molecule has 0 spiro atoms. The second kappa shape index (κ2) is 9.99. The normalized spacial score (nSPS) is 26.5. The highest BCUT2D eigenvalue weighted by Crippen LogP contribution is 2.54. The fraction of sp³-hybridized carbons (Fsp3) is 0.519. The molecule has 0 bridgehead atoms. The smallest absolute Gasteiger partial charge is 0.334 e. The van der Waals surface area contributed by atoms with Crippen LogP contribution in [0.1, 0.15) is 63.4 Å². The van der Waals surface area contributed by atoms with Gasteiger partial charge in [0, 0.05) is 43.2 Å². The number of nitrogens with one attached hydrogen (secondary N) is 1. The molecule has 0 saturated carbocycles. The third kappa shape index (κ3) is 4.28. The van der Waals surface area contributed by atoms with Gasteiger partial charge in [-0.05, 0) is 44.2 Å². The number of amides is 3. The monoisotopic (exact) mass is 509 g/mol. The van der Waals surface area contributed by atoms with E-state index in [-0.39, 0.29) is 31.3 Å². The Labute approximate surface area is 214 Å². The summed E-state index contributed by atoms with van der Waals surface area (Å²) >= 11 is 0. The lowest BCUT2D eigenvalue weighted by atomic mass is 9.68. The number of fused-ring (bicyclic) bond motifs is 2. The third-order valence-electron chi connectivity index (χ3n) is 7.87. The highest BCUT2D eigenvalue weighted by Gasteiger charge is 2.62. The number of carbonyl (C=O) groups excluding carboxylic acids is 5. The first kappa shape index (κ1) is 25.0. The fourth-order valence-corrected chi connectivity index (χ4v) is 6.12. The van der Waals surface area contributed by atoms with Gasteiger partial charge < -0.3 is 19.8 Å². The van der Waals surface area contributed by atoms with Crippen LogP contribution >= 0.6 is 0 Å². The Hall–Kier alpha value is -3.69. The van der Waals surface area contributed by atoms with E-state index in [2.05, 4.69) is 11.4 Å². The summed E-state index contributed by atoms with van der Waals surface area (Å²) in [5.41, 5.74) is 1.58. The van der Waals surface area contributed by atoms with Crippen molar-refractivity contribution in [2.24, 2.45) is 11.3 Å². The van der Waals surface area contributed by atoms with Gasteiger partial charge in [0.1, 0.15) is 5.41 Å². The van der Waals surface area contributed by atoms with Gasteiger partial charge in [0.25, 0.3) is 11.8 Å². The predicted molar refractivity (Wildman–Crippen MR) is 130 cm³/mol. The largest absolute Gasteiger partial charge is 0.465 e. The van der Waals surface area contributed by atoms with Crippen LogP contribution in [0.15, 0.2) is 36.0 Å². The van der Waals surface area contributed by atoms with Gasteiger partial charge in [-0.25, -0.2) is 4.79 Å².